The molecule has 1 N–H and O–H groups in total. The molecule has 0 aromatic heterocycles. The summed E-state index contributed by atoms with van der Waals surface area (Å²) in [5, 5.41) is 3.72. The maximum Gasteiger partial charge on any atom is 0.339 e. The van der Waals surface area contributed by atoms with Crippen molar-refractivity contribution in [3.8, 4) is 0 Å². The van der Waals surface area contributed by atoms with Crippen LogP contribution in [0.2, 0.25) is 12.1 Å². The van der Waals surface area contributed by atoms with E-state index >= 15 is 0 Å². The molecule has 0 bridgehead atoms. The number of hydrogen-bond donors (Lipinski definition) is 1. The third kappa shape index (κ3) is 13.4. The molecule has 0 spiro atoms. The van der Waals surface area contributed by atoms with E-state index in [0.29, 0.717) is 6.04 Å². The lowest BCUT2D eigenvalue weighted by Crippen LogP contribution is -2.45. The second kappa shape index (κ2) is 19.7. The van der Waals surface area contributed by atoms with Crippen molar-refractivity contribution in [1.82, 2.24) is 15.1 Å². The Morgan fingerprint density at radius 3 is 1.83 bits per heavy atom. The quantitative estimate of drug-likeness (QED) is 0.185. The van der Waals surface area contributed by atoms with Crippen LogP contribution in [0.25, 0.3) is 0 Å². The van der Waals surface area contributed by atoms with Gasteiger partial charge in [-0.25, -0.2) is 0 Å². The van der Waals surface area contributed by atoms with Gasteiger partial charge in [0, 0.05) is 31.8 Å². The van der Waals surface area contributed by atoms with Crippen molar-refractivity contribution < 1.29 is 8.85 Å². The number of hydrogen-bond acceptors (Lipinski definition) is 5. The van der Waals surface area contributed by atoms with Crippen molar-refractivity contribution in [2.24, 2.45) is 0 Å². The standard InChI is InChI=1S/C24H55N3O2Si/c1-8-18-26(11-4)20-16-21-27(19-15-17-25-24(9-2)10-3)22-23-30(14-7,28-12-5)29-13-6/h24-25H,8-23H2,1-7H3. The van der Waals surface area contributed by atoms with E-state index < -0.39 is 8.56 Å². The lowest BCUT2D eigenvalue weighted by molar-refractivity contribution is 0.173. The van der Waals surface area contributed by atoms with E-state index in [1.54, 1.807) is 0 Å². The van der Waals surface area contributed by atoms with Gasteiger partial charge in [-0.15, -0.1) is 0 Å². The molecular weight excluding hydrogens is 390 g/mol. The molecule has 0 amide bonds. The lowest BCUT2D eigenvalue weighted by Gasteiger charge is -2.32. The van der Waals surface area contributed by atoms with Gasteiger partial charge in [-0.2, -0.15) is 0 Å². The number of nitrogens with one attached hydrogen (secondary N) is 1. The Balaban J connectivity index is 4.73. The zero-order chi connectivity index (χ0) is 22.7. The Morgan fingerprint density at radius 2 is 1.33 bits per heavy atom. The fraction of sp³-hybridized carbons (Fsp3) is 1.00. The molecule has 0 aliphatic heterocycles. The highest BCUT2D eigenvalue weighted by molar-refractivity contribution is 6.67. The summed E-state index contributed by atoms with van der Waals surface area (Å²) >= 11 is 0. The predicted octanol–water partition coefficient (Wildman–Crippen LogP) is 5.11. The van der Waals surface area contributed by atoms with Gasteiger partial charge < -0.3 is 24.0 Å². The summed E-state index contributed by atoms with van der Waals surface area (Å²) in [6.45, 7) is 25.2. The summed E-state index contributed by atoms with van der Waals surface area (Å²) in [5.74, 6) is 0. The first-order valence-electron chi connectivity index (χ1n) is 13.0. The van der Waals surface area contributed by atoms with Crippen molar-refractivity contribution in [3.63, 3.8) is 0 Å². The molecule has 0 heterocycles. The van der Waals surface area contributed by atoms with Crippen molar-refractivity contribution in [1.29, 1.82) is 0 Å². The van der Waals surface area contributed by atoms with E-state index in [1.807, 2.05) is 0 Å². The van der Waals surface area contributed by atoms with Gasteiger partial charge in [0.05, 0.1) is 0 Å². The topological polar surface area (TPSA) is 37.0 Å². The summed E-state index contributed by atoms with van der Waals surface area (Å²) in [7, 11) is -2.06. The van der Waals surface area contributed by atoms with E-state index in [0.717, 1.165) is 44.9 Å². The molecule has 6 heteroatoms. The summed E-state index contributed by atoms with van der Waals surface area (Å²) < 4.78 is 12.4. The second-order valence-corrected chi connectivity index (χ2v) is 11.9. The molecule has 0 aliphatic carbocycles. The molecule has 0 aromatic carbocycles. The maximum atomic E-state index is 6.22. The van der Waals surface area contributed by atoms with Crippen LogP contribution >= 0.6 is 0 Å². The molecule has 0 unspecified atom stereocenters. The van der Waals surface area contributed by atoms with Crippen LogP contribution in [0.15, 0.2) is 0 Å². The van der Waals surface area contributed by atoms with E-state index in [-0.39, 0.29) is 0 Å². The fourth-order valence-electron chi connectivity index (χ4n) is 4.21. The highest BCUT2D eigenvalue weighted by atomic mass is 28.4. The number of rotatable bonds is 22. The van der Waals surface area contributed by atoms with Crippen LogP contribution in [0.1, 0.15) is 80.6 Å². The summed E-state index contributed by atoms with van der Waals surface area (Å²) in [6.07, 6.45) is 6.15. The van der Waals surface area contributed by atoms with Gasteiger partial charge in [0.1, 0.15) is 0 Å². The SMILES string of the molecule is CCCN(CC)CCCN(CCCNC(CC)CC)CC[Si](CC)(OCC)OCC. The second-order valence-electron chi connectivity index (χ2n) is 8.33. The van der Waals surface area contributed by atoms with E-state index in [9.17, 15) is 0 Å². The van der Waals surface area contributed by atoms with Crippen LogP contribution < -0.4 is 5.32 Å². The molecular formula is C24H55N3O2Si. The van der Waals surface area contributed by atoms with Crippen LogP contribution in [0, 0.1) is 0 Å². The van der Waals surface area contributed by atoms with Gasteiger partial charge in [-0.05, 0) is 91.3 Å². The molecule has 0 aromatic rings. The Labute approximate surface area is 190 Å². The first kappa shape index (κ1) is 30.0. The third-order valence-corrected chi connectivity index (χ3v) is 9.86. The average molecular weight is 446 g/mol. The normalized spacial score (nSPS) is 12.6. The summed E-state index contributed by atoms with van der Waals surface area (Å²) in [4.78, 5) is 5.25. The molecule has 5 nitrogen and oxygen atoms in total. The smallest absolute Gasteiger partial charge is 0.339 e. The summed E-state index contributed by atoms with van der Waals surface area (Å²) in [6, 6.07) is 2.79. The predicted molar refractivity (Wildman–Crippen MR) is 135 cm³/mol. The molecule has 0 rings (SSSR count). The van der Waals surface area contributed by atoms with Crippen LogP contribution in [-0.4, -0.2) is 83.4 Å². The molecule has 0 fully saturated rings. The maximum absolute atomic E-state index is 6.22. The average Bonchev–Trinajstić information content (AvgIpc) is 2.76. The van der Waals surface area contributed by atoms with Crippen molar-refractivity contribution in [3.05, 3.63) is 0 Å². The van der Waals surface area contributed by atoms with E-state index in [4.69, 9.17) is 8.85 Å². The van der Waals surface area contributed by atoms with Crippen LogP contribution in [0.4, 0.5) is 0 Å². The van der Waals surface area contributed by atoms with Crippen molar-refractivity contribution in [2.45, 2.75) is 98.7 Å². The largest absolute Gasteiger partial charge is 0.394 e. The minimum atomic E-state index is -2.06. The zero-order valence-electron chi connectivity index (χ0n) is 21.6. The molecule has 0 aliphatic rings. The van der Waals surface area contributed by atoms with Gasteiger partial charge in [0.15, 0.2) is 0 Å². The Bertz CT molecular complexity index is 364. The Hall–Kier alpha value is 0.0169. The summed E-state index contributed by atoms with van der Waals surface area (Å²) in [5.41, 5.74) is 0. The van der Waals surface area contributed by atoms with Crippen molar-refractivity contribution in [2.75, 3.05) is 59.0 Å². The first-order chi connectivity index (χ1) is 14.5. The van der Waals surface area contributed by atoms with Gasteiger partial charge >= 0.3 is 8.56 Å². The van der Waals surface area contributed by atoms with Gasteiger partial charge in [0.2, 0.25) is 0 Å². The van der Waals surface area contributed by atoms with Gasteiger partial charge in [-0.3, -0.25) is 0 Å². The highest BCUT2D eigenvalue weighted by Gasteiger charge is 2.35. The fourth-order valence-corrected chi connectivity index (χ4v) is 7.05. The molecule has 30 heavy (non-hydrogen) atoms. The lowest BCUT2D eigenvalue weighted by atomic mass is 10.2. The minimum Gasteiger partial charge on any atom is -0.394 e. The highest BCUT2D eigenvalue weighted by Crippen LogP contribution is 2.20. The minimum absolute atomic E-state index is 0.668. The number of nitrogens with zero attached hydrogens (tertiary/aromatic N) is 2. The van der Waals surface area contributed by atoms with Gasteiger partial charge in [-0.1, -0.05) is 34.6 Å². The molecule has 182 valence electrons. The van der Waals surface area contributed by atoms with Crippen molar-refractivity contribution >= 4 is 8.56 Å². The monoisotopic (exact) mass is 445 g/mol. The molecule has 0 radical (unpaired) electrons. The van der Waals surface area contributed by atoms with Crippen LogP contribution in [0.3, 0.4) is 0 Å². The first-order valence-corrected chi connectivity index (χ1v) is 15.2. The zero-order valence-corrected chi connectivity index (χ0v) is 22.6. The Morgan fingerprint density at radius 1 is 0.733 bits per heavy atom. The molecule has 0 saturated carbocycles. The van der Waals surface area contributed by atoms with Crippen LogP contribution in [0.5, 0.6) is 0 Å². The Kier molecular flexibility index (Phi) is 19.7. The molecule has 0 saturated heterocycles. The molecule has 0 atom stereocenters. The third-order valence-electron chi connectivity index (χ3n) is 6.17. The van der Waals surface area contributed by atoms with E-state index in [2.05, 4.69) is 63.6 Å². The van der Waals surface area contributed by atoms with Gasteiger partial charge in [0.25, 0.3) is 0 Å². The van der Waals surface area contributed by atoms with Crippen LogP contribution in [-0.2, 0) is 8.85 Å². The van der Waals surface area contributed by atoms with E-state index in [1.165, 1.54) is 58.3 Å².